The van der Waals surface area contributed by atoms with Crippen molar-refractivity contribution in [3.05, 3.63) is 25.3 Å². The SMILES string of the molecule is Nc1ncnc2c1ncn2[C@@H]1O[C@@H]2COP(O)(=S)OC3[C@@H](F)[C@H](n4cnc5c(N)ncnc54)O[C@@H]3COP(=O)(S)OC2[C@H]1F. The molecule has 3 aliphatic heterocycles. The van der Waals surface area contributed by atoms with E-state index in [9.17, 15) is 9.46 Å². The number of hydrogen-bond donors (Lipinski definition) is 4. The highest BCUT2D eigenvalue weighted by atomic mass is 32.7. The Hall–Kier alpha value is -2.49. The number of thiol groups is 1. The van der Waals surface area contributed by atoms with E-state index in [1.165, 1.54) is 21.8 Å². The lowest BCUT2D eigenvalue weighted by Gasteiger charge is -2.29. The van der Waals surface area contributed by atoms with Gasteiger partial charge in [0.1, 0.15) is 48.1 Å². The van der Waals surface area contributed by atoms with Crippen LogP contribution in [0.15, 0.2) is 25.3 Å². The summed E-state index contributed by atoms with van der Waals surface area (Å²) in [4.78, 5) is 35.0. The van der Waals surface area contributed by atoms with Crippen molar-refractivity contribution in [2.45, 2.75) is 49.2 Å². The van der Waals surface area contributed by atoms with Gasteiger partial charge in [-0.3, -0.25) is 22.7 Å². The molecule has 236 valence electrons. The Morgan fingerprint density at radius 2 is 1.32 bits per heavy atom. The van der Waals surface area contributed by atoms with E-state index in [2.05, 4.69) is 42.2 Å². The van der Waals surface area contributed by atoms with Crippen molar-refractivity contribution < 1.29 is 45.8 Å². The van der Waals surface area contributed by atoms with Crippen LogP contribution in [0.1, 0.15) is 12.5 Å². The van der Waals surface area contributed by atoms with Crippen LogP contribution in [0, 0.1) is 0 Å². The van der Waals surface area contributed by atoms with E-state index < -0.39 is 75.9 Å². The molecule has 7 rings (SSSR count). The van der Waals surface area contributed by atoms with E-state index in [0.717, 1.165) is 12.7 Å². The zero-order chi connectivity index (χ0) is 31.0. The molecule has 3 fully saturated rings. The maximum absolute atomic E-state index is 16.0. The zero-order valence-electron chi connectivity index (χ0n) is 21.9. The lowest BCUT2D eigenvalue weighted by molar-refractivity contribution is -0.0564. The zero-order valence-corrected chi connectivity index (χ0v) is 25.4. The van der Waals surface area contributed by atoms with Crippen LogP contribution >= 0.6 is 25.8 Å². The number of fused-ring (bicyclic) bond motifs is 4. The van der Waals surface area contributed by atoms with E-state index in [-0.39, 0.29) is 34.0 Å². The fourth-order valence-corrected chi connectivity index (χ4v) is 8.09. The molecule has 0 radical (unpaired) electrons. The van der Waals surface area contributed by atoms with Gasteiger partial charge in [0, 0.05) is 0 Å². The average Bonchev–Trinajstić information content (AvgIpc) is 3.73. The summed E-state index contributed by atoms with van der Waals surface area (Å²) in [7, 11) is 0. The van der Waals surface area contributed by atoms with E-state index in [1.54, 1.807) is 0 Å². The number of ether oxygens (including phenoxy) is 2. The van der Waals surface area contributed by atoms with Gasteiger partial charge in [-0.15, -0.1) is 0 Å². The predicted octanol–water partition coefficient (Wildman–Crippen LogP) is 1.37. The predicted molar refractivity (Wildman–Crippen MR) is 152 cm³/mol. The molecule has 4 aromatic heterocycles. The highest BCUT2D eigenvalue weighted by Crippen LogP contribution is 2.58. The minimum Gasteiger partial charge on any atom is -0.382 e. The monoisotopic (exact) mass is 694 g/mol. The van der Waals surface area contributed by atoms with Crippen molar-refractivity contribution >= 4 is 71.5 Å². The van der Waals surface area contributed by atoms with Gasteiger partial charge >= 0.3 is 13.5 Å². The molecule has 24 heteroatoms. The standard InChI is InChI=1S/C20H22F2N10O8P2S2/c21-9-13-7(37-19(9)31-5-29-11-15(23)25-3-27-17(11)31)1-35-41(33,43)40-14-8(2-36-42(34,44)39-13)38-20(10(14)22)32-6-30-12-16(24)26-4-28-18(12)32/h3-10,13-14,19-20H,1-2H2,(H,33,43)(H,34,44)(H2,23,25,27)(H2,24,26,28)/t7-,8-,9-,10-,13?,14?,19-,20-,41?,42?/m1/s1. The molecule has 0 spiro atoms. The minimum absolute atomic E-state index is 0.0550. The van der Waals surface area contributed by atoms with Crippen molar-refractivity contribution in [2.75, 3.05) is 24.7 Å². The number of imidazole rings is 2. The Morgan fingerprint density at radius 3 is 1.84 bits per heavy atom. The summed E-state index contributed by atoms with van der Waals surface area (Å²) in [6, 6.07) is 0. The Morgan fingerprint density at radius 1 is 0.841 bits per heavy atom. The Kier molecular flexibility index (Phi) is 7.61. The fourth-order valence-electron chi connectivity index (χ4n) is 5.17. The summed E-state index contributed by atoms with van der Waals surface area (Å²) in [6.07, 6.45) is -7.94. The molecule has 0 aromatic carbocycles. The van der Waals surface area contributed by atoms with Gasteiger partial charge in [-0.1, -0.05) is 12.2 Å². The molecule has 0 aliphatic carbocycles. The third kappa shape index (κ3) is 5.26. The summed E-state index contributed by atoms with van der Waals surface area (Å²) >= 11 is 9.15. The lowest BCUT2D eigenvalue weighted by atomic mass is 10.1. The highest BCUT2D eigenvalue weighted by molar-refractivity contribution is 8.44. The van der Waals surface area contributed by atoms with E-state index in [0.29, 0.717) is 0 Å². The van der Waals surface area contributed by atoms with Crippen LogP contribution in [-0.2, 0) is 43.9 Å². The molecular formula is C20H22F2N10O8P2S2. The van der Waals surface area contributed by atoms with E-state index >= 15 is 8.78 Å². The van der Waals surface area contributed by atoms with Gasteiger partial charge in [0.05, 0.1) is 25.9 Å². The van der Waals surface area contributed by atoms with Gasteiger partial charge < -0.3 is 30.4 Å². The topological polar surface area (TPSA) is 232 Å². The number of nitrogens with two attached hydrogens (primary N) is 2. The second-order valence-electron chi connectivity index (χ2n) is 9.85. The molecule has 4 unspecified atom stereocenters. The van der Waals surface area contributed by atoms with Crippen LogP contribution in [0.25, 0.3) is 22.3 Å². The first kappa shape index (κ1) is 30.2. The summed E-state index contributed by atoms with van der Waals surface area (Å²) in [5, 5.41) is 0. The number of nitrogens with zero attached hydrogens (tertiary/aromatic N) is 8. The summed E-state index contributed by atoms with van der Waals surface area (Å²) in [6.45, 7) is -9.88. The Bertz CT molecular complexity index is 1710. The van der Waals surface area contributed by atoms with Gasteiger partial charge in [0.25, 0.3) is 0 Å². The minimum atomic E-state index is -4.38. The van der Waals surface area contributed by atoms with Crippen molar-refractivity contribution in [2.24, 2.45) is 0 Å². The van der Waals surface area contributed by atoms with Crippen molar-refractivity contribution in [3.63, 3.8) is 0 Å². The molecule has 0 bridgehead atoms. The van der Waals surface area contributed by atoms with Crippen molar-refractivity contribution in [1.82, 2.24) is 39.0 Å². The number of alkyl halides is 2. The molecule has 5 N–H and O–H groups in total. The lowest BCUT2D eigenvalue weighted by Crippen LogP contribution is -2.37. The summed E-state index contributed by atoms with van der Waals surface area (Å²) < 4.78 is 81.4. The van der Waals surface area contributed by atoms with Crippen LogP contribution in [0.2, 0.25) is 0 Å². The van der Waals surface area contributed by atoms with Crippen LogP contribution in [0.5, 0.6) is 0 Å². The maximum Gasteiger partial charge on any atom is 0.386 e. The molecule has 3 aliphatic rings. The maximum atomic E-state index is 16.0. The van der Waals surface area contributed by atoms with E-state index in [1.807, 2.05) is 0 Å². The second-order valence-corrected chi connectivity index (χ2v) is 15.5. The Labute approximate surface area is 255 Å². The number of hydrogen-bond acceptors (Lipinski definition) is 16. The van der Waals surface area contributed by atoms with E-state index in [4.69, 9.17) is 50.8 Å². The van der Waals surface area contributed by atoms with Gasteiger partial charge in [0.15, 0.2) is 47.7 Å². The normalized spacial score (nSPS) is 38.3. The first-order valence-electron chi connectivity index (χ1n) is 12.7. The molecule has 7 heterocycles. The number of rotatable bonds is 2. The molecular weight excluding hydrogens is 672 g/mol. The highest BCUT2D eigenvalue weighted by Gasteiger charge is 2.54. The fraction of sp³-hybridized carbons (Fsp3) is 0.500. The number of nitrogen functional groups attached to an aromatic ring is 2. The quantitative estimate of drug-likeness (QED) is 0.171. The van der Waals surface area contributed by atoms with Crippen molar-refractivity contribution in [1.29, 1.82) is 0 Å². The third-order valence-corrected chi connectivity index (χ3v) is 10.3. The molecule has 10 atom stereocenters. The Balaban J connectivity index is 1.17. The van der Waals surface area contributed by atoms with Crippen molar-refractivity contribution in [3.8, 4) is 0 Å². The first-order valence-corrected chi connectivity index (χ1v) is 18.0. The molecule has 4 aromatic rings. The second kappa shape index (κ2) is 11.1. The van der Waals surface area contributed by atoms with Gasteiger partial charge in [-0.05, 0) is 11.8 Å². The van der Waals surface area contributed by atoms with Crippen LogP contribution in [-0.4, -0.2) is 93.9 Å². The first-order chi connectivity index (χ1) is 20.9. The number of aromatic nitrogens is 8. The van der Waals surface area contributed by atoms with Crippen LogP contribution < -0.4 is 11.5 Å². The number of anilines is 2. The van der Waals surface area contributed by atoms with Gasteiger partial charge in [-0.25, -0.2) is 43.2 Å². The average molecular weight is 695 g/mol. The smallest absolute Gasteiger partial charge is 0.382 e. The number of halogens is 2. The largest absolute Gasteiger partial charge is 0.386 e. The molecule has 0 amide bonds. The van der Waals surface area contributed by atoms with Gasteiger partial charge in [-0.2, -0.15) is 0 Å². The third-order valence-electron chi connectivity index (χ3n) is 7.17. The molecule has 3 saturated heterocycles. The molecule has 0 saturated carbocycles. The molecule has 44 heavy (non-hydrogen) atoms. The molecule has 18 nitrogen and oxygen atoms in total. The summed E-state index contributed by atoms with van der Waals surface area (Å²) in [5.74, 6) is 0.111. The van der Waals surface area contributed by atoms with Gasteiger partial charge in [0.2, 0.25) is 0 Å². The summed E-state index contributed by atoms with van der Waals surface area (Å²) in [5.41, 5.74) is 12.4. The van der Waals surface area contributed by atoms with Crippen LogP contribution in [0.4, 0.5) is 20.4 Å². The van der Waals surface area contributed by atoms with Crippen LogP contribution in [0.3, 0.4) is 0 Å².